The molecule has 6 bridgehead atoms. The Bertz CT molecular complexity index is 1050. The summed E-state index contributed by atoms with van der Waals surface area (Å²) in [6.45, 7) is 2.09. The smallest absolute Gasteiger partial charge is 0.338 e. The van der Waals surface area contributed by atoms with E-state index in [1.807, 2.05) is 18.2 Å². The monoisotopic (exact) mass is 448 g/mol. The Hall–Kier alpha value is -2.92. The molecule has 0 aromatic carbocycles. The number of ether oxygens (including phenoxy) is 3. The third-order valence-electron chi connectivity index (χ3n) is 7.15. The maximum Gasteiger partial charge on any atom is 0.338 e. The van der Waals surface area contributed by atoms with Crippen LogP contribution in [0.3, 0.4) is 0 Å². The zero-order valence-electron chi connectivity index (χ0n) is 19.8. The van der Waals surface area contributed by atoms with Gasteiger partial charge in [-0.2, -0.15) is 0 Å². The Morgan fingerprint density at radius 1 is 0.879 bits per heavy atom. The maximum absolute atomic E-state index is 11.1. The average molecular weight is 449 g/mol. The lowest BCUT2D eigenvalue weighted by molar-refractivity contribution is -0.146. The lowest BCUT2D eigenvalue weighted by atomic mass is 9.94. The summed E-state index contributed by atoms with van der Waals surface area (Å²) in [7, 11) is 4.63. The molecule has 0 aromatic heterocycles. The van der Waals surface area contributed by atoms with Gasteiger partial charge in [-0.05, 0) is 78.4 Å². The summed E-state index contributed by atoms with van der Waals surface area (Å²) in [5.74, 6) is 1.05. The first-order chi connectivity index (χ1) is 15.9. The second-order valence-corrected chi connectivity index (χ2v) is 9.16. The molecule has 1 fully saturated rings. The van der Waals surface area contributed by atoms with Crippen LogP contribution < -0.4 is 0 Å². The van der Waals surface area contributed by atoms with Crippen molar-refractivity contribution in [3.8, 4) is 0 Å². The molecule has 4 atom stereocenters. The summed E-state index contributed by atoms with van der Waals surface area (Å²) in [5, 5.41) is 0. The van der Waals surface area contributed by atoms with Crippen LogP contribution in [0.1, 0.15) is 32.6 Å². The summed E-state index contributed by atoms with van der Waals surface area (Å²) >= 11 is 0. The molecule has 0 heterocycles. The van der Waals surface area contributed by atoms with E-state index in [4.69, 9.17) is 9.47 Å². The van der Waals surface area contributed by atoms with E-state index in [9.17, 15) is 9.59 Å². The molecular formula is C28H32O5. The topological polar surface area (TPSA) is 61.8 Å². The predicted molar refractivity (Wildman–Crippen MR) is 127 cm³/mol. The molecule has 6 aliphatic carbocycles. The first-order valence-corrected chi connectivity index (χ1v) is 11.5. The summed E-state index contributed by atoms with van der Waals surface area (Å²) in [6, 6.07) is 0. The SMILES string of the molecule is COC(=O)C1=C2C=CC(=C1)C2.COC(=O)C1CC2C=CC1C2.COC(C)C1=C2C=CC(=C1)C2. The number of carbonyl (C=O) groups is 2. The van der Waals surface area contributed by atoms with E-state index in [0.717, 1.165) is 30.4 Å². The van der Waals surface area contributed by atoms with Gasteiger partial charge in [0.2, 0.25) is 0 Å². The number of carbonyl (C=O) groups excluding carboxylic acids is 2. The fraction of sp³-hybridized carbons (Fsp3) is 0.429. The van der Waals surface area contributed by atoms with Gasteiger partial charge < -0.3 is 14.2 Å². The third kappa shape index (κ3) is 4.88. The highest BCUT2D eigenvalue weighted by atomic mass is 16.5. The molecular weight excluding hydrogens is 416 g/mol. The Labute approximate surface area is 195 Å². The van der Waals surface area contributed by atoms with Crippen molar-refractivity contribution < 1.29 is 23.8 Å². The molecule has 33 heavy (non-hydrogen) atoms. The highest BCUT2D eigenvalue weighted by molar-refractivity contribution is 5.95. The van der Waals surface area contributed by atoms with Crippen LogP contribution in [0.25, 0.3) is 0 Å². The van der Waals surface area contributed by atoms with Crippen LogP contribution in [0.5, 0.6) is 0 Å². The number of hydrogen-bond donors (Lipinski definition) is 0. The largest absolute Gasteiger partial charge is 0.469 e. The van der Waals surface area contributed by atoms with E-state index < -0.39 is 0 Å². The molecule has 6 aliphatic rings. The molecule has 5 heteroatoms. The van der Waals surface area contributed by atoms with Gasteiger partial charge in [0, 0.05) is 7.11 Å². The van der Waals surface area contributed by atoms with Gasteiger partial charge in [-0.25, -0.2) is 4.79 Å². The lowest BCUT2D eigenvalue weighted by Gasteiger charge is -2.14. The summed E-state index contributed by atoms with van der Waals surface area (Å²) in [6.07, 6.45) is 21.4. The van der Waals surface area contributed by atoms with E-state index in [-0.39, 0.29) is 24.0 Å². The van der Waals surface area contributed by atoms with Crippen LogP contribution in [-0.2, 0) is 23.8 Å². The van der Waals surface area contributed by atoms with Gasteiger partial charge in [0.05, 0.1) is 31.8 Å². The van der Waals surface area contributed by atoms with Gasteiger partial charge in [0.1, 0.15) is 0 Å². The van der Waals surface area contributed by atoms with Crippen LogP contribution in [0.4, 0.5) is 0 Å². The van der Waals surface area contributed by atoms with Crippen molar-refractivity contribution >= 4 is 11.9 Å². The van der Waals surface area contributed by atoms with E-state index >= 15 is 0 Å². The van der Waals surface area contributed by atoms with Gasteiger partial charge in [-0.1, -0.05) is 42.5 Å². The van der Waals surface area contributed by atoms with Crippen LogP contribution in [0.2, 0.25) is 0 Å². The lowest BCUT2D eigenvalue weighted by Crippen LogP contribution is -2.19. The van der Waals surface area contributed by atoms with Crippen molar-refractivity contribution in [2.24, 2.45) is 17.8 Å². The van der Waals surface area contributed by atoms with Crippen molar-refractivity contribution in [1.29, 1.82) is 0 Å². The number of rotatable bonds is 4. The summed E-state index contributed by atoms with van der Waals surface area (Å²) in [5.41, 5.74) is 7.26. The highest BCUT2D eigenvalue weighted by Gasteiger charge is 2.40. The molecule has 0 aliphatic heterocycles. The molecule has 0 saturated heterocycles. The first kappa shape index (κ1) is 23.2. The van der Waals surface area contributed by atoms with Gasteiger partial charge in [0.15, 0.2) is 0 Å². The van der Waals surface area contributed by atoms with Crippen LogP contribution in [0.15, 0.2) is 82.0 Å². The van der Waals surface area contributed by atoms with E-state index in [1.54, 1.807) is 7.11 Å². The number of fused-ring (bicyclic) bond motifs is 6. The van der Waals surface area contributed by atoms with Crippen LogP contribution in [-0.4, -0.2) is 39.4 Å². The summed E-state index contributed by atoms with van der Waals surface area (Å²) < 4.78 is 14.6. The average Bonchev–Trinajstić information content (AvgIpc) is 3.69. The van der Waals surface area contributed by atoms with Gasteiger partial charge in [-0.15, -0.1) is 0 Å². The second kappa shape index (κ2) is 9.92. The third-order valence-corrected chi connectivity index (χ3v) is 7.15. The normalized spacial score (nSPS) is 27.2. The molecule has 5 nitrogen and oxygen atoms in total. The number of methoxy groups -OCH3 is 3. The second-order valence-electron chi connectivity index (χ2n) is 9.16. The van der Waals surface area contributed by atoms with Crippen molar-refractivity contribution in [3.05, 3.63) is 82.0 Å². The number of hydrogen-bond acceptors (Lipinski definition) is 5. The highest BCUT2D eigenvalue weighted by Crippen LogP contribution is 2.43. The maximum atomic E-state index is 11.1. The van der Waals surface area contributed by atoms with Gasteiger partial charge >= 0.3 is 11.9 Å². The van der Waals surface area contributed by atoms with Crippen molar-refractivity contribution in [2.75, 3.05) is 21.3 Å². The zero-order valence-corrected chi connectivity index (χ0v) is 19.8. The first-order valence-electron chi connectivity index (χ1n) is 11.5. The summed E-state index contributed by atoms with van der Waals surface area (Å²) in [4.78, 5) is 22.2. The van der Waals surface area contributed by atoms with Crippen molar-refractivity contribution in [2.45, 2.75) is 38.7 Å². The molecule has 0 amide bonds. The standard InChI is InChI=1S/C10H12O.C9H12O2.C9H8O2/c1-7(11-2)10-6-8-3-4-9(10)5-8;2*1-11-9(10)8-5-6-2-3-7(8)4-6/h3-4,6-7H,5H2,1-2H3;2-3,6-8H,4-5H2,1H3;2-3,5H,4H2,1H3. The molecule has 6 rings (SSSR count). The van der Waals surface area contributed by atoms with Gasteiger partial charge in [0.25, 0.3) is 0 Å². The van der Waals surface area contributed by atoms with Crippen LogP contribution in [0, 0.1) is 17.8 Å². The van der Waals surface area contributed by atoms with Crippen molar-refractivity contribution in [1.82, 2.24) is 0 Å². The molecule has 4 unspecified atom stereocenters. The number of esters is 2. The van der Waals surface area contributed by atoms with E-state index in [1.165, 1.54) is 42.9 Å². The van der Waals surface area contributed by atoms with E-state index in [0.29, 0.717) is 11.8 Å². The fourth-order valence-corrected chi connectivity index (χ4v) is 5.25. The minimum atomic E-state index is -0.223. The molecule has 0 aromatic rings. The molecule has 1 saturated carbocycles. The van der Waals surface area contributed by atoms with Crippen LogP contribution >= 0.6 is 0 Å². The van der Waals surface area contributed by atoms with Crippen molar-refractivity contribution in [3.63, 3.8) is 0 Å². The molecule has 0 radical (unpaired) electrons. The minimum Gasteiger partial charge on any atom is -0.469 e. The Morgan fingerprint density at radius 2 is 1.58 bits per heavy atom. The Morgan fingerprint density at radius 3 is 2.00 bits per heavy atom. The van der Waals surface area contributed by atoms with E-state index in [2.05, 4.69) is 42.0 Å². The number of allylic oxidation sites excluding steroid dienone is 10. The minimum absolute atomic E-state index is 0.0261. The molecule has 174 valence electrons. The molecule has 0 N–H and O–H groups in total. The Balaban J connectivity index is 0.000000118. The fourth-order valence-electron chi connectivity index (χ4n) is 5.25. The Kier molecular flexibility index (Phi) is 6.99. The van der Waals surface area contributed by atoms with Gasteiger partial charge in [-0.3, -0.25) is 4.79 Å². The predicted octanol–water partition coefficient (Wildman–Crippen LogP) is 4.95. The molecule has 0 spiro atoms. The zero-order chi connectivity index (χ0) is 23.5. The quantitative estimate of drug-likeness (QED) is 0.450.